The highest BCUT2D eigenvalue weighted by Gasteiger charge is 2.13. The molecule has 0 unspecified atom stereocenters. The summed E-state index contributed by atoms with van der Waals surface area (Å²) in [5.41, 5.74) is 4.98. The second kappa shape index (κ2) is 10.6. The molecule has 1 aromatic carbocycles. The number of pyridine rings is 1. The van der Waals surface area contributed by atoms with Crippen molar-refractivity contribution in [3.63, 3.8) is 0 Å². The molecule has 1 N–H and O–H groups in total. The number of thioether (sulfide) groups is 1. The number of carbonyl (C=O) groups excluding carboxylic acids is 1. The van der Waals surface area contributed by atoms with Crippen molar-refractivity contribution in [3.8, 4) is 6.07 Å². The van der Waals surface area contributed by atoms with E-state index in [-0.39, 0.29) is 5.91 Å². The summed E-state index contributed by atoms with van der Waals surface area (Å²) in [4.78, 5) is 16.8. The predicted molar refractivity (Wildman–Crippen MR) is 119 cm³/mol. The van der Waals surface area contributed by atoms with Gasteiger partial charge < -0.3 is 5.32 Å². The molecular weight excluding hydrogens is 394 g/mol. The van der Waals surface area contributed by atoms with E-state index < -0.39 is 0 Å². The van der Waals surface area contributed by atoms with Crippen LogP contribution in [0.5, 0.6) is 0 Å². The molecule has 0 aliphatic carbocycles. The molecule has 0 aliphatic heterocycles. The van der Waals surface area contributed by atoms with Crippen molar-refractivity contribution < 1.29 is 4.79 Å². The first-order valence-electron chi connectivity index (χ1n) is 9.89. The van der Waals surface area contributed by atoms with Gasteiger partial charge in [0, 0.05) is 29.8 Å². The van der Waals surface area contributed by atoms with Gasteiger partial charge in [-0.2, -0.15) is 10.4 Å². The van der Waals surface area contributed by atoms with Crippen LogP contribution < -0.4 is 5.32 Å². The predicted octanol–water partition coefficient (Wildman–Crippen LogP) is 4.67. The van der Waals surface area contributed by atoms with Gasteiger partial charge >= 0.3 is 0 Å². The van der Waals surface area contributed by atoms with E-state index in [1.807, 2.05) is 61.0 Å². The van der Waals surface area contributed by atoms with Crippen LogP contribution in [0, 0.1) is 25.2 Å². The van der Waals surface area contributed by atoms with Crippen molar-refractivity contribution >= 4 is 23.4 Å². The van der Waals surface area contributed by atoms with Gasteiger partial charge in [0.15, 0.2) is 0 Å². The minimum atomic E-state index is -0.0203. The molecule has 1 amide bonds. The Kier molecular flexibility index (Phi) is 7.63. The van der Waals surface area contributed by atoms with E-state index in [1.165, 1.54) is 0 Å². The molecule has 0 aliphatic rings. The Hall–Kier alpha value is -3.11. The fourth-order valence-electron chi connectivity index (χ4n) is 3.26. The van der Waals surface area contributed by atoms with E-state index in [0.29, 0.717) is 25.8 Å². The first-order valence-corrected chi connectivity index (χ1v) is 10.9. The van der Waals surface area contributed by atoms with Crippen molar-refractivity contribution in [2.75, 3.05) is 5.32 Å². The van der Waals surface area contributed by atoms with Gasteiger partial charge in [0.25, 0.3) is 0 Å². The number of nitrogens with zero attached hydrogens (tertiary/aromatic N) is 4. The van der Waals surface area contributed by atoms with Crippen LogP contribution in [0.15, 0.2) is 53.7 Å². The Balaban J connectivity index is 1.54. The maximum atomic E-state index is 12.5. The van der Waals surface area contributed by atoms with E-state index >= 15 is 0 Å². The number of aryl methyl sites for hydroxylation is 2. The van der Waals surface area contributed by atoms with E-state index in [2.05, 4.69) is 21.5 Å². The molecular formula is C23H25N5OS. The van der Waals surface area contributed by atoms with Crippen molar-refractivity contribution in [1.29, 1.82) is 5.26 Å². The first kappa shape index (κ1) is 21.6. The zero-order chi connectivity index (χ0) is 21.3. The molecule has 3 aromatic rings. The average Bonchev–Trinajstić information content (AvgIpc) is 3.03. The number of hydrogen-bond acceptors (Lipinski definition) is 5. The summed E-state index contributed by atoms with van der Waals surface area (Å²) >= 11 is 1.67. The van der Waals surface area contributed by atoms with E-state index in [9.17, 15) is 4.79 Å². The summed E-state index contributed by atoms with van der Waals surface area (Å²) in [6.07, 6.45) is 3.23. The summed E-state index contributed by atoms with van der Waals surface area (Å²) in [6.45, 7) is 4.53. The molecule has 0 atom stereocenters. The number of anilines is 1. The van der Waals surface area contributed by atoms with Gasteiger partial charge in [0.05, 0.1) is 29.8 Å². The number of benzene rings is 1. The molecule has 0 radical (unpaired) electrons. The van der Waals surface area contributed by atoms with Crippen LogP contribution in [-0.4, -0.2) is 20.7 Å². The van der Waals surface area contributed by atoms with Crippen LogP contribution in [0.1, 0.15) is 35.4 Å². The maximum Gasteiger partial charge on any atom is 0.224 e. The van der Waals surface area contributed by atoms with Gasteiger partial charge in [0.1, 0.15) is 0 Å². The smallest absolute Gasteiger partial charge is 0.224 e. The number of rotatable bonds is 9. The highest BCUT2D eigenvalue weighted by atomic mass is 32.2. The lowest BCUT2D eigenvalue weighted by atomic mass is 10.1. The molecule has 6 nitrogen and oxygen atoms in total. The summed E-state index contributed by atoms with van der Waals surface area (Å²) < 4.78 is 1.86. The van der Waals surface area contributed by atoms with Gasteiger partial charge in [-0.25, -0.2) is 4.98 Å². The molecule has 30 heavy (non-hydrogen) atoms. The fraction of sp³-hybridized carbons (Fsp3) is 0.304. The van der Waals surface area contributed by atoms with Crippen LogP contribution in [-0.2, 0) is 23.5 Å². The Labute approximate surface area is 181 Å². The van der Waals surface area contributed by atoms with Crippen molar-refractivity contribution in [2.45, 2.75) is 50.4 Å². The Morgan fingerprint density at radius 1 is 1.23 bits per heavy atom. The topological polar surface area (TPSA) is 83.6 Å². The minimum Gasteiger partial charge on any atom is -0.326 e. The van der Waals surface area contributed by atoms with E-state index in [1.54, 1.807) is 18.0 Å². The fourth-order valence-corrected chi connectivity index (χ4v) is 4.06. The van der Waals surface area contributed by atoms with E-state index in [0.717, 1.165) is 39.0 Å². The lowest BCUT2D eigenvalue weighted by molar-refractivity contribution is -0.116. The highest BCUT2D eigenvalue weighted by Crippen LogP contribution is 2.22. The van der Waals surface area contributed by atoms with Crippen LogP contribution in [0.4, 0.5) is 5.69 Å². The molecule has 7 heteroatoms. The van der Waals surface area contributed by atoms with Gasteiger partial charge in [0.2, 0.25) is 5.91 Å². The Morgan fingerprint density at radius 2 is 2.10 bits per heavy atom. The van der Waals surface area contributed by atoms with E-state index in [4.69, 9.17) is 5.26 Å². The molecule has 0 bridgehead atoms. The average molecular weight is 420 g/mol. The monoisotopic (exact) mass is 419 g/mol. The molecule has 3 rings (SSSR count). The SMILES string of the molecule is Cc1nn(CCC#N)c(C)c1CCC(=O)Nc1cccc(CSc2ccccn2)c1. The van der Waals surface area contributed by atoms with Gasteiger partial charge in [-0.05, 0) is 55.7 Å². The minimum absolute atomic E-state index is 0.0203. The maximum absolute atomic E-state index is 12.5. The van der Waals surface area contributed by atoms with Crippen LogP contribution >= 0.6 is 11.8 Å². The zero-order valence-corrected chi connectivity index (χ0v) is 18.1. The van der Waals surface area contributed by atoms with Crippen molar-refractivity contribution in [2.24, 2.45) is 0 Å². The number of amides is 1. The molecule has 154 valence electrons. The lowest BCUT2D eigenvalue weighted by Gasteiger charge is -2.08. The normalized spacial score (nSPS) is 10.6. The highest BCUT2D eigenvalue weighted by molar-refractivity contribution is 7.98. The van der Waals surface area contributed by atoms with Gasteiger partial charge in [-0.15, -0.1) is 11.8 Å². The van der Waals surface area contributed by atoms with Crippen LogP contribution in [0.2, 0.25) is 0 Å². The second-order valence-electron chi connectivity index (χ2n) is 6.99. The molecule has 2 heterocycles. The second-order valence-corrected chi connectivity index (χ2v) is 7.98. The summed E-state index contributed by atoms with van der Waals surface area (Å²) in [5, 5.41) is 17.2. The number of hydrogen-bond donors (Lipinski definition) is 1. The van der Waals surface area contributed by atoms with Crippen LogP contribution in [0.3, 0.4) is 0 Å². The molecule has 0 spiro atoms. The Bertz CT molecular complexity index is 1040. The van der Waals surface area contributed by atoms with Crippen LogP contribution in [0.25, 0.3) is 0 Å². The molecule has 0 fully saturated rings. The van der Waals surface area contributed by atoms with Crippen molar-refractivity contribution in [1.82, 2.24) is 14.8 Å². The lowest BCUT2D eigenvalue weighted by Crippen LogP contribution is -2.13. The number of nitriles is 1. The number of nitrogens with one attached hydrogen (secondary N) is 1. The first-order chi connectivity index (χ1) is 14.6. The third-order valence-corrected chi connectivity index (χ3v) is 5.82. The standard InChI is InChI=1S/C23H25N5OS/c1-17-21(18(2)28(27-17)14-6-12-24)10-11-22(29)26-20-8-5-7-19(15-20)16-30-23-9-3-4-13-25-23/h3-5,7-9,13,15H,6,10-11,14,16H2,1-2H3,(H,26,29). The molecule has 0 saturated heterocycles. The molecule has 2 aromatic heterocycles. The number of carbonyl (C=O) groups is 1. The number of aromatic nitrogens is 3. The zero-order valence-electron chi connectivity index (χ0n) is 17.3. The summed E-state index contributed by atoms with van der Waals surface area (Å²) in [5.74, 6) is 0.772. The summed E-state index contributed by atoms with van der Waals surface area (Å²) in [7, 11) is 0. The largest absolute Gasteiger partial charge is 0.326 e. The Morgan fingerprint density at radius 3 is 2.87 bits per heavy atom. The quantitative estimate of drug-likeness (QED) is 0.510. The third kappa shape index (κ3) is 5.94. The van der Waals surface area contributed by atoms with Gasteiger partial charge in [-0.1, -0.05) is 18.2 Å². The summed E-state index contributed by atoms with van der Waals surface area (Å²) in [6, 6.07) is 15.9. The van der Waals surface area contributed by atoms with Crippen molar-refractivity contribution in [3.05, 3.63) is 71.2 Å². The van der Waals surface area contributed by atoms with Gasteiger partial charge in [-0.3, -0.25) is 9.48 Å². The third-order valence-electron chi connectivity index (χ3n) is 4.80. The molecule has 0 saturated carbocycles.